The second kappa shape index (κ2) is 8.06. The van der Waals surface area contributed by atoms with E-state index in [0.29, 0.717) is 26.1 Å². The molecule has 0 atom stereocenters. The standard InChI is InChI=1S/C21H27N7O/c1-15-14-23-16(2)20(24-15)27-10-12-28(13-11-27)21(29)22-9-8-19-25-17-6-4-5-7-18(17)26(19)3/h4-7,14H,8-13H2,1-3H3,(H,22,29). The largest absolute Gasteiger partial charge is 0.352 e. The number of urea groups is 1. The summed E-state index contributed by atoms with van der Waals surface area (Å²) in [4.78, 5) is 30.3. The van der Waals surface area contributed by atoms with Gasteiger partial charge < -0.3 is 19.7 Å². The number of piperazine rings is 1. The zero-order chi connectivity index (χ0) is 20.4. The number of rotatable bonds is 4. The van der Waals surface area contributed by atoms with Gasteiger partial charge in [0.2, 0.25) is 0 Å². The van der Waals surface area contributed by atoms with E-state index >= 15 is 0 Å². The van der Waals surface area contributed by atoms with Gasteiger partial charge in [0.05, 0.1) is 22.4 Å². The first-order valence-electron chi connectivity index (χ1n) is 10.0. The molecular formula is C21H27N7O. The normalized spacial score (nSPS) is 14.4. The van der Waals surface area contributed by atoms with Crippen molar-refractivity contribution >= 4 is 22.9 Å². The first-order chi connectivity index (χ1) is 14.0. The van der Waals surface area contributed by atoms with E-state index in [9.17, 15) is 4.79 Å². The van der Waals surface area contributed by atoms with Gasteiger partial charge in [0.1, 0.15) is 11.6 Å². The van der Waals surface area contributed by atoms with E-state index in [2.05, 4.69) is 35.8 Å². The average Bonchev–Trinajstić information content (AvgIpc) is 3.06. The highest BCUT2D eigenvalue weighted by molar-refractivity contribution is 5.76. The molecule has 8 heteroatoms. The lowest BCUT2D eigenvalue weighted by atomic mass is 10.3. The van der Waals surface area contributed by atoms with E-state index in [1.165, 1.54) is 0 Å². The van der Waals surface area contributed by atoms with Gasteiger partial charge in [0, 0.05) is 52.4 Å². The van der Waals surface area contributed by atoms with Gasteiger partial charge in [-0.05, 0) is 26.0 Å². The number of hydrogen-bond donors (Lipinski definition) is 1. The van der Waals surface area contributed by atoms with Gasteiger partial charge in [0.25, 0.3) is 0 Å². The predicted octanol–water partition coefficient (Wildman–Crippen LogP) is 2.05. The molecule has 4 rings (SSSR count). The Balaban J connectivity index is 1.29. The highest BCUT2D eigenvalue weighted by atomic mass is 16.2. The van der Waals surface area contributed by atoms with Gasteiger partial charge in [0.15, 0.2) is 0 Å². The molecule has 0 unspecified atom stereocenters. The van der Waals surface area contributed by atoms with Crippen molar-refractivity contribution in [3.63, 3.8) is 0 Å². The molecule has 0 radical (unpaired) electrons. The van der Waals surface area contributed by atoms with Crippen molar-refractivity contribution < 1.29 is 4.79 Å². The van der Waals surface area contributed by atoms with Crippen molar-refractivity contribution in [3.05, 3.63) is 47.7 Å². The van der Waals surface area contributed by atoms with Crippen molar-refractivity contribution in [1.82, 2.24) is 29.7 Å². The van der Waals surface area contributed by atoms with Gasteiger partial charge in [-0.25, -0.2) is 14.8 Å². The molecule has 0 bridgehead atoms. The molecule has 1 saturated heterocycles. The fraction of sp³-hybridized carbons (Fsp3) is 0.429. The number of carbonyl (C=O) groups excluding carboxylic acids is 1. The molecule has 1 aromatic carbocycles. The van der Waals surface area contributed by atoms with Crippen LogP contribution in [0, 0.1) is 13.8 Å². The smallest absolute Gasteiger partial charge is 0.317 e. The number of anilines is 1. The summed E-state index contributed by atoms with van der Waals surface area (Å²) in [5.41, 5.74) is 3.94. The summed E-state index contributed by atoms with van der Waals surface area (Å²) in [6, 6.07) is 8.06. The van der Waals surface area contributed by atoms with Crippen LogP contribution in [-0.4, -0.2) is 63.2 Å². The molecule has 0 saturated carbocycles. The van der Waals surface area contributed by atoms with Crippen LogP contribution in [0.15, 0.2) is 30.5 Å². The molecule has 0 spiro atoms. The maximum atomic E-state index is 12.6. The third-order valence-electron chi connectivity index (χ3n) is 5.42. The summed E-state index contributed by atoms with van der Waals surface area (Å²) in [6.45, 7) is 7.36. The Morgan fingerprint density at radius 1 is 1.10 bits per heavy atom. The molecule has 1 aliphatic heterocycles. The molecule has 3 aromatic rings. The van der Waals surface area contributed by atoms with Crippen LogP contribution in [0.4, 0.5) is 10.6 Å². The number of para-hydroxylation sites is 2. The maximum absolute atomic E-state index is 12.6. The van der Waals surface area contributed by atoms with Crippen LogP contribution in [0.5, 0.6) is 0 Å². The Bertz CT molecular complexity index is 1020. The van der Waals surface area contributed by atoms with Gasteiger partial charge in [-0.15, -0.1) is 0 Å². The molecule has 1 fully saturated rings. The highest BCUT2D eigenvalue weighted by Gasteiger charge is 2.23. The van der Waals surface area contributed by atoms with E-state index < -0.39 is 0 Å². The van der Waals surface area contributed by atoms with Gasteiger partial charge in [-0.2, -0.15) is 0 Å². The van der Waals surface area contributed by atoms with E-state index in [4.69, 9.17) is 0 Å². The first kappa shape index (κ1) is 19.2. The third-order valence-corrected chi connectivity index (χ3v) is 5.42. The zero-order valence-corrected chi connectivity index (χ0v) is 17.2. The summed E-state index contributed by atoms with van der Waals surface area (Å²) in [5.74, 6) is 1.90. The molecule has 1 N–H and O–H groups in total. The third kappa shape index (κ3) is 4.01. The van der Waals surface area contributed by atoms with Crippen LogP contribution in [-0.2, 0) is 13.5 Å². The predicted molar refractivity (Wildman–Crippen MR) is 113 cm³/mol. The Morgan fingerprint density at radius 3 is 2.62 bits per heavy atom. The van der Waals surface area contributed by atoms with E-state index in [0.717, 1.165) is 47.2 Å². The number of carbonyl (C=O) groups is 1. The van der Waals surface area contributed by atoms with Crippen molar-refractivity contribution in [2.75, 3.05) is 37.6 Å². The lowest BCUT2D eigenvalue weighted by Crippen LogP contribution is -2.52. The van der Waals surface area contributed by atoms with Crippen LogP contribution in [0.3, 0.4) is 0 Å². The maximum Gasteiger partial charge on any atom is 0.317 e. The van der Waals surface area contributed by atoms with Crippen LogP contribution in [0.1, 0.15) is 17.2 Å². The summed E-state index contributed by atoms with van der Waals surface area (Å²) >= 11 is 0. The summed E-state index contributed by atoms with van der Waals surface area (Å²) in [7, 11) is 2.02. The van der Waals surface area contributed by atoms with Gasteiger partial charge in [-0.3, -0.25) is 4.98 Å². The summed E-state index contributed by atoms with van der Waals surface area (Å²) in [5, 5.41) is 3.03. The molecule has 0 aliphatic carbocycles. The molecule has 2 amide bonds. The lowest BCUT2D eigenvalue weighted by molar-refractivity contribution is 0.194. The number of benzene rings is 1. The minimum atomic E-state index is -0.0181. The first-order valence-corrected chi connectivity index (χ1v) is 10.0. The Hall–Kier alpha value is -3.16. The second-order valence-electron chi connectivity index (χ2n) is 7.45. The number of aryl methyl sites for hydroxylation is 3. The molecule has 2 aromatic heterocycles. The fourth-order valence-corrected chi connectivity index (χ4v) is 3.76. The van der Waals surface area contributed by atoms with E-state index in [1.807, 2.05) is 44.0 Å². The Morgan fingerprint density at radius 2 is 1.86 bits per heavy atom. The molecule has 152 valence electrons. The van der Waals surface area contributed by atoms with E-state index in [-0.39, 0.29) is 6.03 Å². The van der Waals surface area contributed by atoms with Crippen molar-refractivity contribution in [2.24, 2.45) is 7.05 Å². The second-order valence-corrected chi connectivity index (χ2v) is 7.45. The number of aromatic nitrogens is 4. The quantitative estimate of drug-likeness (QED) is 0.734. The minimum absolute atomic E-state index is 0.0181. The van der Waals surface area contributed by atoms with Gasteiger partial charge in [-0.1, -0.05) is 12.1 Å². The SMILES string of the molecule is Cc1cnc(C)c(N2CCN(C(=O)NCCc3nc4ccccc4n3C)CC2)n1. The van der Waals surface area contributed by atoms with Crippen molar-refractivity contribution in [1.29, 1.82) is 0 Å². The number of hydrogen-bond acceptors (Lipinski definition) is 5. The molecule has 8 nitrogen and oxygen atoms in total. The number of amides is 2. The Kier molecular flexibility index (Phi) is 5.33. The lowest BCUT2D eigenvalue weighted by Gasteiger charge is -2.35. The molecule has 29 heavy (non-hydrogen) atoms. The zero-order valence-electron chi connectivity index (χ0n) is 17.2. The monoisotopic (exact) mass is 393 g/mol. The van der Waals surface area contributed by atoms with Crippen LogP contribution < -0.4 is 10.2 Å². The van der Waals surface area contributed by atoms with Crippen molar-refractivity contribution in [3.8, 4) is 0 Å². The molecule has 1 aliphatic rings. The number of imidazole rings is 1. The highest BCUT2D eigenvalue weighted by Crippen LogP contribution is 2.17. The van der Waals surface area contributed by atoms with Crippen molar-refractivity contribution in [2.45, 2.75) is 20.3 Å². The number of nitrogens with one attached hydrogen (secondary N) is 1. The topological polar surface area (TPSA) is 79.2 Å². The average molecular weight is 393 g/mol. The molecular weight excluding hydrogens is 366 g/mol. The summed E-state index contributed by atoms with van der Waals surface area (Å²) in [6.07, 6.45) is 2.49. The summed E-state index contributed by atoms with van der Waals surface area (Å²) < 4.78 is 2.09. The molecule has 3 heterocycles. The minimum Gasteiger partial charge on any atom is -0.352 e. The van der Waals surface area contributed by atoms with Crippen LogP contribution in [0.25, 0.3) is 11.0 Å². The van der Waals surface area contributed by atoms with Crippen LogP contribution in [0.2, 0.25) is 0 Å². The van der Waals surface area contributed by atoms with Crippen LogP contribution >= 0.6 is 0 Å². The Labute approximate surface area is 170 Å². The van der Waals surface area contributed by atoms with E-state index in [1.54, 1.807) is 6.20 Å². The number of fused-ring (bicyclic) bond motifs is 1. The fourth-order valence-electron chi connectivity index (χ4n) is 3.76. The number of nitrogens with zero attached hydrogens (tertiary/aromatic N) is 6. The van der Waals surface area contributed by atoms with Gasteiger partial charge >= 0.3 is 6.03 Å².